The molecular formula is C23H26N4O4. The molecule has 2 amide bonds. The second kappa shape index (κ2) is 7.32. The Morgan fingerprint density at radius 2 is 2.13 bits per heavy atom. The van der Waals surface area contributed by atoms with Crippen LogP contribution in [0.25, 0.3) is 0 Å². The number of benzene rings is 1. The molecule has 8 nitrogen and oxygen atoms in total. The molecule has 2 aromatic rings. The van der Waals surface area contributed by atoms with Crippen molar-refractivity contribution in [3.8, 4) is 0 Å². The van der Waals surface area contributed by atoms with Crippen LogP contribution in [-0.2, 0) is 34.3 Å². The van der Waals surface area contributed by atoms with Crippen molar-refractivity contribution in [2.24, 2.45) is 18.9 Å². The largest absolute Gasteiger partial charge is 0.396 e. The van der Waals surface area contributed by atoms with Crippen LogP contribution in [0.5, 0.6) is 0 Å². The second-order valence-corrected chi connectivity index (χ2v) is 8.61. The first kappa shape index (κ1) is 20.0. The van der Waals surface area contributed by atoms with E-state index in [2.05, 4.69) is 4.98 Å². The second-order valence-electron chi connectivity index (χ2n) is 8.61. The lowest BCUT2D eigenvalue weighted by Gasteiger charge is -2.27. The predicted molar refractivity (Wildman–Crippen MR) is 113 cm³/mol. The van der Waals surface area contributed by atoms with Crippen molar-refractivity contribution in [3.63, 3.8) is 0 Å². The van der Waals surface area contributed by atoms with Crippen molar-refractivity contribution in [1.82, 2.24) is 14.5 Å². The van der Waals surface area contributed by atoms with E-state index in [9.17, 15) is 9.59 Å². The molecule has 0 radical (unpaired) electrons. The van der Waals surface area contributed by atoms with E-state index in [4.69, 9.17) is 9.84 Å². The smallest absolute Gasteiger partial charge is 0.234 e. The van der Waals surface area contributed by atoms with Gasteiger partial charge in [0, 0.05) is 38.8 Å². The molecule has 3 aliphatic rings. The van der Waals surface area contributed by atoms with E-state index in [1.54, 1.807) is 23.0 Å². The van der Waals surface area contributed by atoms with Gasteiger partial charge in [-0.3, -0.25) is 9.59 Å². The van der Waals surface area contributed by atoms with Crippen LogP contribution in [0.4, 0.5) is 5.69 Å². The van der Waals surface area contributed by atoms with Gasteiger partial charge in [-0.05, 0) is 24.1 Å². The minimum atomic E-state index is -0.754. The Morgan fingerprint density at radius 1 is 1.35 bits per heavy atom. The first-order chi connectivity index (χ1) is 14.9. The van der Waals surface area contributed by atoms with Gasteiger partial charge in [-0.2, -0.15) is 0 Å². The molecule has 1 aromatic heterocycles. The van der Waals surface area contributed by atoms with Gasteiger partial charge in [0.15, 0.2) is 0 Å². The van der Waals surface area contributed by atoms with E-state index in [0.29, 0.717) is 19.5 Å². The number of imidazole rings is 1. The van der Waals surface area contributed by atoms with E-state index < -0.39 is 17.4 Å². The monoisotopic (exact) mass is 422 g/mol. The molecule has 0 saturated carbocycles. The molecule has 3 aliphatic heterocycles. The number of ether oxygens (including phenoxy) is 1. The maximum Gasteiger partial charge on any atom is 0.234 e. The van der Waals surface area contributed by atoms with Gasteiger partial charge in [0.05, 0.1) is 31.0 Å². The Bertz CT molecular complexity index is 1050. The van der Waals surface area contributed by atoms with Gasteiger partial charge in [-0.25, -0.2) is 4.98 Å². The average molecular weight is 422 g/mol. The van der Waals surface area contributed by atoms with Crippen molar-refractivity contribution in [2.75, 3.05) is 25.1 Å². The fraction of sp³-hybridized carbons (Fsp3) is 0.435. The lowest BCUT2D eigenvalue weighted by molar-refractivity contribution is -0.139. The first-order valence-corrected chi connectivity index (χ1v) is 10.5. The van der Waals surface area contributed by atoms with Gasteiger partial charge in [-0.1, -0.05) is 24.3 Å². The molecule has 162 valence electrons. The van der Waals surface area contributed by atoms with Crippen LogP contribution in [0, 0.1) is 11.8 Å². The molecule has 2 bridgehead atoms. The standard InChI is InChI=1S/C23H26N4O4/c1-25-11-10-24-18(25)13-26(2)21(29)19-17-7-9-23(31-17)14-27(22(30)20(19)23)16-5-3-15(4-6-16)8-12-28/h3-7,9-11,17,19-20,28H,8,12-14H2,1-2H3/t17-,19?,20?,23-/m0/s1. The maximum absolute atomic E-state index is 13.5. The number of rotatable bonds is 6. The third-order valence-electron chi connectivity index (χ3n) is 6.71. The third kappa shape index (κ3) is 3.09. The topological polar surface area (TPSA) is 87.9 Å². The Labute approximate surface area is 180 Å². The minimum Gasteiger partial charge on any atom is -0.396 e. The molecule has 8 heteroatoms. The van der Waals surface area contributed by atoms with Crippen LogP contribution in [-0.4, -0.2) is 63.3 Å². The highest BCUT2D eigenvalue weighted by molar-refractivity contribution is 6.03. The molecule has 2 unspecified atom stereocenters. The molecule has 4 atom stereocenters. The van der Waals surface area contributed by atoms with Crippen molar-refractivity contribution < 1.29 is 19.4 Å². The summed E-state index contributed by atoms with van der Waals surface area (Å²) in [4.78, 5) is 34.5. The SMILES string of the molecule is CN(Cc1nccn1C)C(=O)C1C2C(=O)N(c3ccc(CCO)cc3)C[C@@]23C=C[C@@H]1O3. The van der Waals surface area contributed by atoms with Crippen LogP contribution in [0.15, 0.2) is 48.8 Å². The summed E-state index contributed by atoms with van der Waals surface area (Å²) in [6.07, 6.45) is 7.64. The number of hydrogen-bond donors (Lipinski definition) is 1. The number of fused-ring (bicyclic) bond motifs is 1. The van der Waals surface area contributed by atoms with E-state index in [1.165, 1.54) is 0 Å². The highest BCUT2D eigenvalue weighted by atomic mass is 16.5. The Morgan fingerprint density at radius 3 is 2.81 bits per heavy atom. The van der Waals surface area contributed by atoms with Crippen molar-refractivity contribution in [1.29, 1.82) is 0 Å². The number of nitrogens with zero attached hydrogens (tertiary/aromatic N) is 4. The van der Waals surface area contributed by atoms with E-state index in [0.717, 1.165) is 17.1 Å². The zero-order valence-electron chi connectivity index (χ0n) is 17.6. The quantitative estimate of drug-likeness (QED) is 0.699. The zero-order valence-corrected chi connectivity index (χ0v) is 17.6. The molecule has 2 saturated heterocycles. The molecule has 1 N–H and O–H groups in total. The van der Waals surface area contributed by atoms with E-state index in [1.807, 2.05) is 54.2 Å². The Hall–Kier alpha value is -2.97. The lowest BCUT2D eigenvalue weighted by atomic mass is 9.76. The average Bonchev–Trinajstić information content (AvgIpc) is 3.50. The predicted octanol–water partition coefficient (Wildman–Crippen LogP) is 0.900. The van der Waals surface area contributed by atoms with Crippen LogP contribution in [0.3, 0.4) is 0 Å². The highest BCUT2D eigenvalue weighted by Crippen LogP contribution is 2.53. The molecule has 0 aliphatic carbocycles. The number of aliphatic hydroxyl groups excluding tert-OH is 1. The summed E-state index contributed by atoms with van der Waals surface area (Å²) >= 11 is 0. The van der Waals surface area contributed by atoms with Crippen molar-refractivity contribution in [2.45, 2.75) is 24.7 Å². The van der Waals surface area contributed by atoms with Crippen LogP contribution in [0.1, 0.15) is 11.4 Å². The summed E-state index contributed by atoms with van der Waals surface area (Å²) in [5, 5.41) is 9.11. The Balaban J connectivity index is 1.38. The number of amides is 2. The molecule has 5 rings (SSSR count). The molecule has 4 heterocycles. The number of aryl methyl sites for hydroxylation is 1. The molecular weight excluding hydrogens is 396 g/mol. The van der Waals surface area contributed by atoms with Crippen LogP contribution >= 0.6 is 0 Å². The Kier molecular flexibility index (Phi) is 4.71. The maximum atomic E-state index is 13.5. The number of aromatic nitrogens is 2. The van der Waals surface area contributed by atoms with E-state index in [-0.39, 0.29) is 24.5 Å². The van der Waals surface area contributed by atoms with Crippen LogP contribution in [0.2, 0.25) is 0 Å². The first-order valence-electron chi connectivity index (χ1n) is 10.5. The summed E-state index contributed by atoms with van der Waals surface area (Å²) < 4.78 is 8.12. The number of hydrogen-bond acceptors (Lipinski definition) is 5. The number of aliphatic hydroxyl groups is 1. The van der Waals surface area contributed by atoms with Gasteiger partial charge in [0.1, 0.15) is 11.4 Å². The summed E-state index contributed by atoms with van der Waals surface area (Å²) in [6, 6.07) is 7.62. The summed E-state index contributed by atoms with van der Waals surface area (Å²) in [6.45, 7) is 0.859. The fourth-order valence-electron chi connectivity index (χ4n) is 5.06. The minimum absolute atomic E-state index is 0.0782. The van der Waals surface area contributed by atoms with Crippen molar-refractivity contribution >= 4 is 17.5 Å². The van der Waals surface area contributed by atoms with E-state index >= 15 is 0 Å². The number of carbonyl (C=O) groups is 2. The van der Waals surface area contributed by atoms with Gasteiger partial charge in [-0.15, -0.1) is 0 Å². The molecule has 31 heavy (non-hydrogen) atoms. The van der Waals surface area contributed by atoms with Gasteiger partial charge >= 0.3 is 0 Å². The van der Waals surface area contributed by atoms with Crippen LogP contribution < -0.4 is 4.90 Å². The fourth-order valence-corrected chi connectivity index (χ4v) is 5.06. The summed E-state index contributed by atoms with van der Waals surface area (Å²) in [7, 11) is 3.64. The molecule has 1 spiro atoms. The van der Waals surface area contributed by atoms with Gasteiger partial charge in [0.25, 0.3) is 0 Å². The zero-order chi connectivity index (χ0) is 21.8. The third-order valence-corrected chi connectivity index (χ3v) is 6.71. The van der Waals surface area contributed by atoms with Gasteiger partial charge in [0.2, 0.25) is 11.8 Å². The van der Waals surface area contributed by atoms with Crippen molar-refractivity contribution in [3.05, 3.63) is 60.2 Å². The summed E-state index contributed by atoms with van der Waals surface area (Å²) in [5.74, 6) is -0.465. The normalized spacial score (nSPS) is 28.4. The molecule has 2 fully saturated rings. The highest BCUT2D eigenvalue weighted by Gasteiger charge is 2.67. The number of anilines is 1. The lowest BCUT2D eigenvalue weighted by Crippen LogP contribution is -2.44. The summed E-state index contributed by atoms with van der Waals surface area (Å²) in [5.41, 5.74) is 1.04. The van der Waals surface area contributed by atoms with Gasteiger partial charge < -0.3 is 24.2 Å². The number of carbonyl (C=O) groups excluding carboxylic acids is 2. The molecule has 1 aromatic carbocycles.